The molecule has 148 valence electrons. The van der Waals surface area contributed by atoms with Crippen LogP contribution in [0.2, 0.25) is 0 Å². The van der Waals surface area contributed by atoms with Crippen molar-refractivity contribution in [2.45, 2.75) is 32.3 Å². The van der Waals surface area contributed by atoms with Gasteiger partial charge in [0.1, 0.15) is 5.75 Å². The SMILES string of the molecule is CC[C@@H](Oc1ccccc1)C(=O)OCC(=O)Nc1ccc(N2CCCC2)cc1. The number of para-hydroxylation sites is 1. The maximum atomic E-state index is 12.2. The highest BCUT2D eigenvalue weighted by molar-refractivity contribution is 5.93. The van der Waals surface area contributed by atoms with E-state index in [4.69, 9.17) is 9.47 Å². The van der Waals surface area contributed by atoms with E-state index in [0.717, 1.165) is 18.8 Å². The lowest BCUT2D eigenvalue weighted by Gasteiger charge is -2.18. The Labute approximate surface area is 165 Å². The molecular weight excluding hydrogens is 356 g/mol. The first-order chi connectivity index (χ1) is 13.7. The molecule has 0 spiro atoms. The van der Waals surface area contributed by atoms with E-state index < -0.39 is 12.1 Å². The first kappa shape index (κ1) is 19.7. The number of esters is 1. The molecule has 1 amide bonds. The highest BCUT2D eigenvalue weighted by Gasteiger charge is 2.21. The highest BCUT2D eigenvalue weighted by atomic mass is 16.6. The molecule has 1 N–H and O–H groups in total. The molecule has 1 atom stereocenters. The van der Waals surface area contributed by atoms with Crippen LogP contribution in [-0.2, 0) is 14.3 Å². The number of nitrogens with one attached hydrogen (secondary N) is 1. The van der Waals surface area contributed by atoms with Crippen molar-refractivity contribution >= 4 is 23.3 Å². The van der Waals surface area contributed by atoms with Crippen molar-refractivity contribution in [3.63, 3.8) is 0 Å². The first-order valence-electron chi connectivity index (χ1n) is 9.69. The molecule has 0 aromatic heterocycles. The minimum absolute atomic E-state index is 0.346. The quantitative estimate of drug-likeness (QED) is 0.706. The molecule has 28 heavy (non-hydrogen) atoms. The van der Waals surface area contributed by atoms with Gasteiger partial charge in [0, 0.05) is 24.5 Å². The maximum Gasteiger partial charge on any atom is 0.347 e. The maximum absolute atomic E-state index is 12.2. The van der Waals surface area contributed by atoms with Gasteiger partial charge < -0.3 is 19.7 Å². The van der Waals surface area contributed by atoms with Crippen LogP contribution in [0, 0.1) is 0 Å². The zero-order chi connectivity index (χ0) is 19.8. The van der Waals surface area contributed by atoms with Crippen molar-refractivity contribution in [3.8, 4) is 5.75 Å². The molecule has 6 heteroatoms. The van der Waals surface area contributed by atoms with Gasteiger partial charge in [0.15, 0.2) is 12.7 Å². The normalized spacial score (nSPS) is 14.4. The van der Waals surface area contributed by atoms with Gasteiger partial charge in [-0.25, -0.2) is 4.79 Å². The fraction of sp³-hybridized carbons (Fsp3) is 0.364. The van der Waals surface area contributed by atoms with Crippen molar-refractivity contribution < 1.29 is 19.1 Å². The van der Waals surface area contributed by atoms with Gasteiger partial charge in [-0.05, 0) is 55.7 Å². The monoisotopic (exact) mass is 382 g/mol. The number of hydrogen-bond acceptors (Lipinski definition) is 5. The van der Waals surface area contributed by atoms with Crippen molar-refractivity contribution in [2.75, 3.05) is 29.9 Å². The molecule has 0 bridgehead atoms. The molecule has 1 fully saturated rings. The van der Waals surface area contributed by atoms with Crippen LogP contribution in [0.3, 0.4) is 0 Å². The third-order valence-corrected chi connectivity index (χ3v) is 4.62. The van der Waals surface area contributed by atoms with Crippen LogP contribution >= 0.6 is 0 Å². The van der Waals surface area contributed by atoms with Crippen molar-refractivity contribution in [1.82, 2.24) is 0 Å². The van der Waals surface area contributed by atoms with Crippen LogP contribution in [-0.4, -0.2) is 37.7 Å². The Balaban J connectivity index is 1.45. The van der Waals surface area contributed by atoms with Gasteiger partial charge in [0.05, 0.1) is 0 Å². The van der Waals surface area contributed by atoms with Crippen molar-refractivity contribution in [3.05, 3.63) is 54.6 Å². The summed E-state index contributed by atoms with van der Waals surface area (Å²) in [5.41, 5.74) is 1.84. The Kier molecular flexibility index (Phi) is 6.89. The van der Waals surface area contributed by atoms with Gasteiger partial charge >= 0.3 is 5.97 Å². The van der Waals surface area contributed by atoms with E-state index >= 15 is 0 Å². The molecule has 0 unspecified atom stereocenters. The van der Waals surface area contributed by atoms with Crippen LogP contribution in [0.25, 0.3) is 0 Å². The molecule has 6 nitrogen and oxygen atoms in total. The Hall–Kier alpha value is -3.02. The van der Waals surface area contributed by atoms with Crippen LogP contribution in [0.15, 0.2) is 54.6 Å². The first-order valence-corrected chi connectivity index (χ1v) is 9.69. The predicted octanol–water partition coefficient (Wildman–Crippen LogP) is 3.63. The molecule has 0 saturated carbocycles. The minimum atomic E-state index is -0.741. The second kappa shape index (κ2) is 9.78. The smallest absolute Gasteiger partial charge is 0.347 e. The molecule has 2 aromatic rings. The standard InChI is InChI=1S/C22H26N2O4/c1-2-20(28-19-8-4-3-5-9-19)22(26)27-16-21(25)23-17-10-12-18(13-11-17)24-14-6-7-15-24/h3-5,8-13,20H,2,6-7,14-16H2,1H3,(H,23,25)/t20-/m1/s1. The Morgan fingerprint density at radius 1 is 1.04 bits per heavy atom. The number of carbonyl (C=O) groups is 2. The number of amides is 1. The summed E-state index contributed by atoms with van der Waals surface area (Å²) >= 11 is 0. The predicted molar refractivity (Wildman–Crippen MR) is 109 cm³/mol. The zero-order valence-corrected chi connectivity index (χ0v) is 16.1. The number of nitrogens with zero attached hydrogens (tertiary/aromatic N) is 1. The lowest BCUT2D eigenvalue weighted by molar-refractivity contribution is -0.154. The number of anilines is 2. The van der Waals surface area contributed by atoms with Crippen molar-refractivity contribution in [2.24, 2.45) is 0 Å². The van der Waals surface area contributed by atoms with E-state index in [2.05, 4.69) is 10.2 Å². The zero-order valence-electron chi connectivity index (χ0n) is 16.1. The van der Waals surface area contributed by atoms with Gasteiger partial charge in [0.25, 0.3) is 5.91 Å². The number of hydrogen-bond donors (Lipinski definition) is 1. The fourth-order valence-electron chi connectivity index (χ4n) is 3.12. The summed E-state index contributed by atoms with van der Waals surface area (Å²) in [5.74, 6) is -0.337. The molecule has 1 heterocycles. The van der Waals surface area contributed by atoms with Crippen LogP contribution < -0.4 is 15.0 Å². The Bertz CT molecular complexity index is 771. The van der Waals surface area contributed by atoms with E-state index in [1.54, 1.807) is 12.1 Å². The third kappa shape index (κ3) is 5.49. The highest BCUT2D eigenvalue weighted by Crippen LogP contribution is 2.22. The Morgan fingerprint density at radius 3 is 2.36 bits per heavy atom. The van der Waals surface area contributed by atoms with Gasteiger partial charge in [-0.1, -0.05) is 25.1 Å². The van der Waals surface area contributed by atoms with Gasteiger partial charge in [-0.15, -0.1) is 0 Å². The van der Waals surface area contributed by atoms with Crippen LogP contribution in [0.5, 0.6) is 5.75 Å². The van der Waals surface area contributed by atoms with Gasteiger partial charge in [-0.2, -0.15) is 0 Å². The average molecular weight is 382 g/mol. The number of rotatable bonds is 8. The second-order valence-electron chi connectivity index (χ2n) is 6.72. The second-order valence-corrected chi connectivity index (χ2v) is 6.72. The molecule has 2 aromatic carbocycles. The molecule has 3 rings (SSSR count). The molecule has 1 aliphatic rings. The average Bonchev–Trinajstić information content (AvgIpc) is 3.26. The summed E-state index contributed by atoms with van der Waals surface area (Å²) in [6.07, 6.45) is 2.15. The molecule has 0 radical (unpaired) electrons. The summed E-state index contributed by atoms with van der Waals surface area (Å²) in [6, 6.07) is 16.8. The van der Waals surface area contributed by atoms with E-state index in [-0.39, 0.29) is 12.5 Å². The lowest BCUT2D eigenvalue weighted by atomic mass is 10.2. The lowest BCUT2D eigenvalue weighted by Crippen LogP contribution is -2.31. The summed E-state index contributed by atoms with van der Waals surface area (Å²) < 4.78 is 10.7. The summed E-state index contributed by atoms with van der Waals surface area (Å²) in [5, 5.41) is 2.75. The summed E-state index contributed by atoms with van der Waals surface area (Å²) in [4.78, 5) is 26.6. The van der Waals surface area contributed by atoms with Gasteiger partial charge in [-0.3, -0.25) is 4.79 Å². The molecule has 1 saturated heterocycles. The fourth-order valence-corrected chi connectivity index (χ4v) is 3.12. The molecular formula is C22H26N2O4. The largest absolute Gasteiger partial charge is 0.479 e. The van der Waals surface area contributed by atoms with E-state index in [9.17, 15) is 9.59 Å². The Morgan fingerprint density at radius 2 is 1.71 bits per heavy atom. The van der Waals surface area contributed by atoms with E-state index in [1.807, 2.05) is 49.4 Å². The summed E-state index contributed by atoms with van der Waals surface area (Å²) in [7, 11) is 0. The minimum Gasteiger partial charge on any atom is -0.479 e. The topological polar surface area (TPSA) is 67.9 Å². The number of ether oxygens (including phenoxy) is 2. The van der Waals surface area contributed by atoms with Crippen LogP contribution in [0.1, 0.15) is 26.2 Å². The van der Waals surface area contributed by atoms with Gasteiger partial charge in [0.2, 0.25) is 0 Å². The molecule has 1 aliphatic heterocycles. The van der Waals surface area contributed by atoms with E-state index in [1.165, 1.54) is 12.8 Å². The number of carbonyl (C=O) groups excluding carboxylic acids is 2. The van der Waals surface area contributed by atoms with Crippen LogP contribution in [0.4, 0.5) is 11.4 Å². The van der Waals surface area contributed by atoms with Crippen molar-refractivity contribution in [1.29, 1.82) is 0 Å². The summed E-state index contributed by atoms with van der Waals surface area (Å²) in [6.45, 7) is 3.63. The molecule has 0 aliphatic carbocycles. The third-order valence-electron chi connectivity index (χ3n) is 4.62. The van der Waals surface area contributed by atoms with E-state index in [0.29, 0.717) is 17.9 Å². The number of benzene rings is 2.